The second-order valence-corrected chi connectivity index (χ2v) is 3.79. The van der Waals surface area contributed by atoms with Crippen LogP contribution in [0.15, 0.2) is 0 Å². The predicted octanol–water partition coefficient (Wildman–Crippen LogP) is 0.981. The number of hydrogen-bond donors (Lipinski definition) is 2. The normalized spacial score (nSPS) is 12.0. The van der Waals surface area contributed by atoms with Crippen molar-refractivity contribution in [2.45, 2.75) is 26.3 Å². The molecule has 0 aliphatic heterocycles. The van der Waals surface area contributed by atoms with Gasteiger partial charge in [0.25, 0.3) is 0 Å². The fourth-order valence-corrected chi connectivity index (χ4v) is 0.705. The van der Waals surface area contributed by atoms with Gasteiger partial charge in [-0.25, -0.2) is 0 Å². The SMILES string of the molecule is CC(C)(C)NCCSN. The van der Waals surface area contributed by atoms with Crippen LogP contribution >= 0.6 is 11.9 Å². The summed E-state index contributed by atoms with van der Waals surface area (Å²) in [6.07, 6.45) is 0. The van der Waals surface area contributed by atoms with Gasteiger partial charge < -0.3 is 5.32 Å². The Morgan fingerprint density at radius 2 is 2.00 bits per heavy atom. The zero-order valence-electron chi connectivity index (χ0n) is 6.40. The van der Waals surface area contributed by atoms with Crippen LogP contribution in [-0.4, -0.2) is 17.8 Å². The van der Waals surface area contributed by atoms with Crippen LogP contribution in [0.5, 0.6) is 0 Å². The summed E-state index contributed by atoms with van der Waals surface area (Å²) in [5.41, 5.74) is 0.232. The molecule has 3 heteroatoms. The third-order valence-corrected chi connectivity index (χ3v) is 1.32. The molecule has 0 aromatic rings. The zero-order valence-corrected chi connectivity index (χ0v) is 7.22. The number of nitrogens with one attached hydrogen (secondary N) is 1. The van der Waals surface area contributed by atoms with Crippen LogP contribution < -0.4 is 10.5 Å². The molecule has 0 radical (unpaired) electrons. The van der Waals surface area contributed by atoms with Gasteiger partial charge >= 0.3 is 0 Å². The maximum Gasteiger partial charge on any atom is 0.0202 e. The van der Waals surface area contributed by atoms with E-state index in [9.17, 15) is 0 Å². The lowest BCUT2D eigenvalue weighted by Gasteiger charge is -2.19. The van der Waals surface area contributed by atoms with E-state index < -0.39 is 0 Å². The van der Waals surface area contributed by atoms with Gasteiger partial charge in [-0.15, -0.1) is 0 Å². The van der Waals surface area contributed by atoms with E-state index in [1.165, 1.54) is 11.9 Å². The third kappa shape index (κ3) is 8.27. The Balaban J connectivity index is 3.07. The molecule has 0 aromatic heterocycles. The highest BCUT2D eigenvalue weighted by atomic mass is 32.2. The van der Waals surface area contributed by atoms with Crippen molar-refractivity contribution in [3.05, 3.63) is 0 Å². The van der Waals surface area contributed by atoms with E-state index in [1.54, 1.807) is 0 Å². The zero-order chi connectivity index (χ0) is 7.33. The Morgan fingerprint density at radius 3 is 2.33 bits per heavy atom. The second kappa shape index (κ2) is 4.14. The lowest BCUT2D eigenvalue weighted by atomic mass is 10.1. The first-order valence-electron chi connectivity index (χ1n) is 3.13. The van der Waals surface area contributed by atoms with Gasteiger partial charge in [-0.05, 0) is 20.8 Å². The van der Waals surface area contributed by atoms with Gasteiger partial charge in [-0.2, -0.15) is 0 Å². The van der Waals surface area contributed by atoms with Crippen molar-refractivity contribution in [2.24, 2.45) is 5.14 Å². The summed E-state index contributed by atoms with van der Waals surface area (Å²) in [6, 6.07) is 0. The molecule has 0 unspecified atom stereocenters. The van der Waals surface area contributed by atoms with Crippen molar-refractivity contribution >= 4 is 11.9 Å². The summed E-state index contributed by atoms with van der Waals surface area (Å²) in [7, 11) is 0. The van der Waals surface area contributed by atoms with Gasteiger partial charge in [0, 0.05) is 17.8 Å². The van der Waals surface area contributed by atoms with Crippen molar-refractivity contribution < 1.29 is 0 Å². The molecule has 56 valence electrons. The summed E-state index contributed by atoms with van der Waals surface area (Å²) in [6.45, 7) is 7.43. The van der Waals surface area contributed by atoms with Crippen LogP contribution in [0.2, 0.25) is 0 Å². The van der Waals surface area contributed by atoms with E-state index in [1.807, 2.05) is 0 Å². The highest BCUT2D eigenvalue weighted by molar-refractivity contribution is 7.97. The lowest BCUT2D eigenvalue weighted by molar-refractivity contribution is 0.441. The minimum Gasteiger partial charge on any atom is -0.311 e. The number of rotatable bonds is 3. The first kappa shape index (κ1) is 9.27. The summed E-state index contributed by atoms with van der Waals surface area (Å²) in [4.78, 5) is 0. The Bertz CT molecular complexity index is 67.9. The standard InChI is InChI=1S/C6H16N2S/c1-6(2,3)8-4-5-9-7/h8H,4-5,7H2,1-3H3. The molecule has 0 fully saturated rings. The molecule has 0 amide bonds. The quantitative estimate of drug-likeness (QED) is 0.463. The van der Waals surface area contributed by atoms with Crippen LogP contribution in [0.3, 0.4) is 0 Å². The highest BCUT2D eigenvalue weighted by Gasteiger charge is 2.06. The molecule has 3 N–H and O–H groups in total. The molecule has 0 saturated carbocycles. The maximum atomic E-state index is 5.23. The fourth-order valence-electron chi connectivity index (χ4n) is 0.485. The molecule has 0 bridgehead atoms. The van der Waals surface area contributed by atoms with E-state index in [2.05, 4.69) is 26.1 Å². The van der Waals surface area contributed by atoms with Gasteiger partial charge in [-0.3, -0.25) is 5.14 Å². The van der Waals surface area contributed by atoms with Crippen LogP contribution in [0.25, 0.3) is 0 Å². The third-order valence-electron chi connectivity index (χ3n) is 0.875. The Hall–Kier alpha value is 0.270. The Kier molecular flexibility index (Phi) is 4.27. The second-order valence-electron chi connectivity index (χ2n) is 3.05. The summed E-state index contributed by atoms with van der Waals surface area (Å²) in [5, 5.41) is 8.56. The van der Waals surface area contributed by atoms with Crippen molar-refractivity contribution in [2.75, 3.05) is 12.3 Å². The Labute approximate surface area is 61.7 Å². The van der Waals surface area contributed by atoms with E-state index in [-0.39, 0.29) is 5.54 Å². The van der Waals surface area contributed by atoms with Gasteiger partial charge in [0.15, 0.2) is 0 Å². The topological polar surface area (TPSA) is 38.0 Å². The summed E-state index contributed by atoms with van der Waals surface area (Å²) < 4.78 is 0. The molecule has 0 aromatic carbocycles. The van der Waals surface area contributed by atoms with Crippen LogP contribution in [0.1, 0.15) is 20.8 Å². The molecular formula is C6H16N2S. The molecule has 0 heterocycles. The van der Waals surface area contributed by atoms with Gasteiger partial charge in [0.2, 0.25) is 0 Å². The van der Waals surface area contributed by atoms with Crippen LogP contribution in [-0.2, 0) is 0 Å². The average molecular weight is 148 g/mol. The summed E-state index contributed by atoms with van der Waals surface area (Å²) >= 11 is 1.38. The average Bonchev–Trinajstić information content (AvgIpc) is 1.63. The molecule has 0 saturated heterocycles. The first-order chi connectivity index (χ1) is 4.06. The lowest BCUT2D eigenvalue weighted by Crippen LogP contribution is -2.37. The van der Waals surface area contributed by atoms with Gasteiger partial charge in [-0.1, -0.05) is 11.9 Å². The van der Waals surface area contributed by atoms with E-state index in [0.717, 1.165) is 12.3 Å². The molecule has 2 nitrogen and oxygen atoms in total. The van der Waals surface area contributed by atoms with Crippen molar-refractivity contribution in [3.63, 3.8) is 0 Å². The summed E-state index contributed by atoms with van der Waals surface area (Å²) in [5.74, 6) is 0.983. The molecule has 0 aliphatic rings. The first-order valence-corrected chi connectivity index (χ1v) is 4.18. The Morgan fingerprint density at radius 1 is 1.44 bits per heavy atom. The largest absolute Gasteiger partial charge is 0.311 e. The van der Waals surface area contributed by atoms with E-state index in [4.69, 9.17) is 5.14 Å². The van der Waals surface area contributed by atoms with E-state index in [0.29, 0.717) is 0 Å². The monoisotopic (exact) mass is 148 g/mol. The van der Waals surface area contributed by atoms with Crippen molar-refractivity contribution in [1.29, 1.82) is 0 Å². The number of hydrogen-bond acceptors (Lipinski definition) is 3. The molecular weight excluding hydrogens is 132 g/mol. The maximum absolute atomic E-state index is 5.23. The van der Waals surface area contributed by atoms with Crippen molar-refractivity contribution in [1.82, 2.24) is 5.32 Å². The highest BCUT2D eigenvalue weighted by Crippen LogP contribution is 1.97. The molecule has 0 aliphatic carbocycles. The minimum absolute atomic E-state index is 0.232. The predicted molar refractivity (Wildman–Crippen MR) is 44.4 cm³/mol. The van der Waals surface area contributed by atoms with Crippen LogP contribution in [0, 0.1) is 0 Å². The molecule has 0 atom stereocenters. The van der Waals surface area contributed by atoms with Gasteiger partial charge in [0.05, 0.1) is 0 Å². The number of nitrogens with two attached hydrogens (primary N) is 1. The minimum atomic E-state index is 0.232. The molecule has 0 rings (SSSR count). The fraction of sp³-hybridized carbons (Fsp3) is 1.00. The molecule has 0 spiro atoms. The van der Waals surface area contributed by atoms with E-state index >= 15 is 0 Å². The smallest absolute Gasteiger partial charge is 0.0202 e. The van der Waals surface area contributed by atoms with Gasteiger partial charge in [0.1, 0.15) is 0 Å². The van der Waals surface area contributed by atoms with Crippen LogP contribution in [0.4, 0.5) is 0 Å². The molecule has 9 heavy (non-hydrogen) atoms. The van der Waals surface area contributed by atoms with Crippen molar-refractivity contribution in [3.8, 4) is 0 Å².